The first-order valence-corrected chi connectivity index (χ1v) is 5.80. The summed E-state index contributed by atoms with van der Waals surface area (Å²) in [4.78, 5) is 8.39. The zero-order chi connectivity index (χ0) is 11.1. The molecule has 6 heteroatoms. The Morgan fingerprint density at radius 3 is 3.06 bits per heavy atom. The molecule has 0 amide bonds. The van der Waals surface area contributed by atoms with Gasteiger partial charge in [-0.1, -0.05) is 11.3 Å². The van der Waals surface area contributed by atoms with Gasteiger partial charge in [0.25, 0.3) is 0 Å². The molecule has 0 aliphatic rings. The molecule has 0 saturated carbocycles. The van der Waals surface area contributed by atoms with Gasteiger partial charge in [-0.2, -0.15) is 5.10 Å². The van der Waals surface area contributed by atoms with Gasteiger partial charge in [-0.3, -0.25) is 0 Å². The molecule has 3 heterocycles. The Balaban J connectivity index is 2.08. The fraction of sp³-hybridized carbons (Fsp3) is 0.200. The molecule has 0 aromatic carbocycles. The lowest BCUT2D eigenvalue weighted by Crippen LogP contribution is -2.04. The molecule has 0 aliphatic carbocycles. The summed E-state index contributed by atoms with van der Waals surface area (Å²) in [7, 11) is 0. The number of nitrogens with one attached hydrogen (secondary N) is 1. The van der Waals surface area contributed by atoms with Crippen molar-refractivity contribution in [2.24, 2.45) is 5.73 Å². The number of nitrogens with two attached hydrogens (primary N) is 1. The number of hydrogen-bond donors (Lipinski definition) is 2. The van der Waals surface area contributed by atoms with Gasteiger partial charge in [0.15, 0.2) is 0 Å². The van der Waals surface area contributed by atoms with E-state index in [4.69, 9.17) is 5.73 Å². The van der Waals surface area contributed by atoms with Crippen LogP contribution in [-0.2, 0) is 0 Å². The van der Waals surface area contributed by atoms with Crippen LogP contribution in [0.3, 0.4) is 0 Å². The van der Waals surface area contributed by atoms with Crippen LogP contribution in [-0.4, -0.2) is 19.6 Å². The van der Waals surface area contributed by atoms with E-state index in [1.165, 1.54) is 11.3 Å². The summed E-state index contributed by atoms with van der Waals surface area (Å²) >= 11 is 1.53. The number of aromatic amines is 1. The van der Waals surface area contributed by atoms with Gasteiger partial charge in [0.05, 0.1) is 17.9 Å². The first kappa shape index (κ1) is 9.56. The van der Waals surface area contributed by atoms with Crippen LogP contribution in [0.4, 0.5) is 0 Å². The zero-order valence-electron chi connectivity index (χ0n) is 8.71. The van der Waals surface area contributed by atoms with Crippen molar-refractivity contribution >= 4 is 16.3 Å². The van der Waals surface area contributed by atoms with Gasteiger partial charge in [0.2, 0.25) is 4.96 Å². The second-order valence-corrected chi connectivity index (χ2v) is 4.67. The molecule has 1 unspecified atom stereocenters. The van der Waals surface area contributed by atoms with E-state index in [9.17, 15) is 0 Å². The molecular weight excluding hydrogens is 222 g/mol. The summed E-state index contributed by atoms with van der Waals surface area (Å²) in [6.07, 6.45) is 5.71. The van der Waals surface area contributed by atoms with Gasteiger partial charge >= 0.3 is 0 Å². The van der Waals surface area contributed by atoms with E-state index in [0.717, 1.165) is 21.2 Å². The molecule has 3 aromatic rings. The zero-order valence-corrected chi connectivity index (χ0v) is 9.53. The predicted molar refractivity (Wildman–Crippen MR) is 63.3 cm³/mol. The molecule has 0 bridgehead atoms. The highest BCUT2D eigenvalue weighted by molar-refractivity contribution is 7.16. The average molecular weight is 233 g/mol. The minimum atomic E-state index is -0.0394. The van der Waals surface area contributed by atoms with Crippen LogP contribution < -0.4 is 5.73 Å². The molecular formula is C10H11N5S. The van der Waals surface area contributed by atoms with Crippen LogP contribution in [0.25, 0.3) is 16.2 Å². The molecule has 0 radical (unpaired) electrons. The number of imidazole rings is 1. The third-order valence-electron chi connectivity index (χ3n) is 2.34. The molecule has 0 fully saturated rings. The second kappa shape index (κ2) is 3.43. The fourth-order valence-electron chi connectivity index (χ4n) is 1.52. The quantitative estimate of drug-likeness (QED) is 0.709. The lowest BCUT2D eigenvalue weighted by molar-refractivity contribution is 0.769. The van der Waals surface area contributed by atoms with E-state index in [2.05, 4.69) is 15.1 Å². The second-order valence-electron chi connectivity index (χ2n) is 3.68. The van der Waals surface area contributed by atoms with Crippen molar-refractivity contribution in [2.75, 3.05) is 0 Å². The summed E-state index contributed by atoms with van der Waals surface area (Å²) in [5.41, 5.74) is 7.77. The molecule has 16 heavy (non-hydrogen) atoms. The number of nitrogens with zero attached hydrogens (tertiary/aromatic N) is 3. The SMILES string of the molecule is CC(N)c1nn2cc(-c3cc[nH]c3)nc2s1. The first-order valence-electron chi connectivity index (χ1n) is 4.99. The van der Waals surface area contributed by atoms with Crippen LogP contribution in [0, 0.1) is 0 Å². The molecule has 3 rings (SSSR count). The van der Waals surface area contributed by atoms with Crippen molar-refractivity contribution in [2.45, 2.75) is 13.0 Å². The smallest absolute Gasteiger partial charge is 0.212 e. The van der Waals surface area contributed by atoms with Crippen molar-refractivity contribution in [1.82, 2.24) is 19.6 Å². The molecule has 3 N–H and O–H groups in total. The van der Waals surface area contributed by atoms with Crippen LogP contribution in [0.5, 0.6) is 0 Å². The van der Waals surface area contributed by atoms with E-state index in [-0.39, 0.29) is 6.04 Å². The molecule has 1 atom stereocenters. The van der Waals surface area contributed by atoms with Crippen molar-refractivity contribution in [3.63, 3.8) is 0 Å². The molecule has 82 valence electrons. The van der Waals surface area contributed by atoms with E-state index in [1.54, 1.807) is 4.52 Å². The number of H-pyrrole nitrogens is 1. The van der Waals surface area contributed by atoms with Gasteiger partial charge in [0.1, 0.15) is 5.01 Å². The normalized spacial score (nSPS) is 13.4. The maximum absolute atomic E-state index is 5.77. The van der Waals surface area contributed by atoms with E-state index >= 15 is 0 Å². The summed E-state index contributed by atoms with van der Waals surface area (Å²) in [5, 5.41) is 5.29. The van der Waals surface area contributed by atoms with Crippen LogP contribution >= 0.6 is 11.3 Å². The minimum absolute atomic E-state index is 0.0394. The summed E-state index contributed by atoms with van der Waals surface area (Å²) in [6, 6.07) is 1.95. The Labute approximate surface area is 95.9 Å². The van der Waals surface area contributed by atoms with Crippen molar-refractivity contribution in [1.29, 1.82) is 0 Å². The maximum atomic E-state index is 5.77. The molecule has 0 aliphatic heterocycles. The average Bonchev–Trinajstić information content (AvgIpc) is 2.91. The van der Waals surface area contributed by atoms with Crippen molar-refractivity contribution < 1.29 is 0 Å². The van der Waals surface area contributed by atoms with E-state index in [0.29, 0.717) is 0 Å². The molecule has 0 saturated heterocycles. The van der Waals surface area contributed by atoms with Gasteiger partial charge in [0, 0.05) is 18.0 Å². The highest BCUT2D eigenvalue weighted by atomic mass is 32.1. The Bertz CT molecular complexity index is 573. The standard InChI is InChI=1S/C10H11N5S/c1-6(11)9-14-15-5-8(13-10(15)16-9)7-2-3-12-4-7/h2-6,12H,11H2,1H3. The number of fused-ring (bicyclic) bond motifs is 1. The number of hydrogen-bond acceptors (Lipinski definition) is 4. The summed E-state index contributed by atoms with van der Waals surface area (Å²) in [5.74, 6) is 0. The predicted octanol–water partition coefficient (Wildman–Crippen LogP) is 1.81. The fourth-order valence-corrected chi connectivity index (χ4v) is 2.35. The Kier molecular flexibility index (Phi) is 2.05. The Morgan fingerprint density at radius 2 is 2.44 bits per heavy atom. The van der Waals surface area contributed by atoms with Crippen LogP contribution in [0.1, 0.15) is 18.0 Å². The lowest BCUT2D eigenvalue weighted by Gasteiger charge is -1.95. The molecule has 3 aromatic heterocycles. The minimum Gasteiger partial charge on any atom is -0.367 e. The van der Waals surface area contributed by atoms with Gasteiger partial charge in [-0.15, -0.1) is 0 Å². The van der Waals surface area contributed by atoms with Gasteiger partial charge < -0.3 is 10.7 Å². The largest absolute Gasteiger partial charge is 0.367 e. The highest BCUT2D eigenvalue weighted by Crippen LogP contribution is 2.23. The van der Waals surface area contributed by atoms with Crippen LogP contribution in [0.2, 0.25) is 0 Å². The Morgan fingerprint density at radius 1 is 1.56 bits per heavy atom. The summed E-state index contributed by atoms with van der Waals surface area (Å²) in [6.45, 7) is 1.92. The maximum Gasteiger partial charge on any atom is 0.212 e. The first-order chi connectivity index (χ1) is 7.74. The summed E-state index contributed by atoms with van der Waals surface area (Å²) < 4.78 is 1.78. The third-order valence-corrected chi connectivity index (χ3v) is 3.47. The molecule has 0 spiro atoms. The monoisotopic (exact) mass is 233 g/mol. The van der Waals surface area contributed by atoms with Crippen LogP contribution in [0.15, 0.2) is 24.7 Å². The molecule has 5 nitrogen and oxygen atoms in total. The van der Waals surface area contributed by atoms with Crippen molar-refractivity contribution in [3.8, 4) is 11.3 Å². The van der Waals surface area contributed by atoms with Gasteiger partial charge in [-0.05, 0) is 13.0 Å². The van der Waals surface area contributed by atoms with E-state index < -0.39 is 0 Å². The number of aromatic nitrogens is 4. The van der Waals surface area contributed by atoms with E-state index in [1.807, 2.05) is 31.6 Å². The lowest BCUT2D eigenvalue weighted by atomic mass is 10.3. The topological polar surface area (TPSA) is 72.0 Å². The Hall–Kier alpha value is -1.66. The van der Waals surface area contributed by atoms with Gasteiger partial charge in [-0.25, -0.2) is 9.50 Å². The van der Waals surface area contributed by atoms with Crippen molar-refractivity contribution in [3.05, 3.63) is 29.7 Å². The third kappa shape index (κ3) is 1.43. The highest BCUT2D eigenvalue weighted by Gasteiger charge is 2.11. The number of rotatable bonds is 2.